The van der Waals surface area contributed by atoms with Crippen LogP contribution in [-0.4, -0.2) is 13.2 Å². The minimum atomic E-state index is 0.170. The van der Waals surface area contributed by atoms with Crippen LogP contribution in [0.3, 0.4) is 0 Å². The Bertz CT molecular complexity index is 431. The third-order valence-electron chi connectivity index (χ3n) is 3.38. The van der Waals surface area contributed by atoms with Gasteiger partial charge in [-0.1, -0.05) is 23.7 Å². The van der Waals surface area contributed by atoms with Crippen LogP contribution in [0, 0.1) is 0 Å². The molecule has 0 saturated carbocycles. The average Bonchev–Trinajstić information content (AvgIpc) is 2.41. The fourth-order valence-electron chi connectivity index (χ4n) is 2.09. The summed E-state index contributed by atoms with van der Waals surface area (Å²) in [4.78, 5) is 0. The fourth-order valence-corrected chi connectivity index (χ4v) is 2.32. The van der Waals surface area contributed by atoms with Gasteiger partial charge in [0.2, 0.25) is 0 Å². The van der Waals surface area contributed by atoms with Crippen LogP contribution in [0.2, 0.25) is 5.02 Å². The van der Waals surface area contributed by atoms with Crippen LogP contribution in [0.15, 0.2) is 30.4 Å². The Morgan fingerprint density at radius 1 is 1.44 bits per heavy atom. The summed E-state index contributed by atoms with van der Waals surface area (Å²) in [5.74, 6) is 0.778. The highest BCUT2D eigenvalue weighted by molar-refractivity contribution is 6.32. The molecule has 2 unspecified atom stereocenters. The van der Waals surface area contributed by atoms with E-state index in [1.807, 2.05) is 19.2 Å². The van der Waals surface area contributed by atoms with Crippen molar-refractivity contribution in [3.05, 3.63) is 40.9 Å². The van der Waals surface area contributed by atoms with E-state index >= 15 is 0 Å². The number of halogens is 1. The maximum atomic E-state index is 6.27. The Morgan fingerprint density at radius 3 is 2.89 bits per heavy atom. The molecule has 98 valence electrons. The van der Waals surface area contributed by atoms with E-state index in [0.717, 1.165) is 18.6 Å². The van der Waals surface area contributed by atoms with E-state index < -0.39 is 0 Å². The molecule has 0 spiro atoms. The molecule has 2 nitrogen and oxygen atoms in total. The van der Waals surface area contributed by atoms with Crippen molar-refractivity contribution < 1.29 is 4.74 Å². The second kappa shape index (κ2) is 6.26. The SMILES string of the molecule is CNC(C)c1ccc(OC2C=CCCC2)c(Cl)c1. The molecular formula is C15H20ClNO. The van der Waals surface area contributed by atoms with Crippen molar-refractivity contribution in [2.45, 2.75) is 38.3 Å². The summed E-state index contributed by atoms with van der Waals surface area (Å²) >= 11 is 6.27. The third-order valence-corrected chi connectivity index (χ3v) is 3.67. The lowest BCUT2D eigenvalue weighted by Gasteiger charge is -2.20. The van der Waals surface area contributed by atoms with E-state index in [-0.39, 0.29) is 6.10 Å². The van der Waals surface area contributed by atoms with Crippen molar-refractivity contribution >= 4 is 11.6 Å². The summed E-state index contributed by atoms with van der Waals surface area (Å²) in [5, 5.41) is 3.89. The van der Waals surface area contributed by atoms with Gasteiger partial charge in [0.15, 0.2) is 0 Å². The molecule has 0 aliphatic heterocycles. The van der Waals surface area contributed by atoms with Gasteiger partial charge in [0, 0.05) is 6.04 Å². The Balaban J connectivity index is 2.09. The van der Waals surface area contributed by atoms with Gasteiger partial charge >= 0.3 is 0 Å². The number of nitrogens with one attached hydrogen (secondary N) is 1. The molecule has 2 atom stereocenters. The predicted octanol–water partition coefficient (Wildman–Crippen LogP) is 4.11. The van der Waals surface area contributed by atoms with Gasteiger partial charge in [-0.15, -0.1) is 0 Å². The van der Waals surface area contributed by atoms with Gasteiger partial charge < -0.3 is 10.1 Å². The first-order valence-electron chi connectivity index (χ1n) is 6.50. The number of rotatable bonds is 4. The molecule has 3 heteroatoms. The summed E-state index contributed by atoms with van der Waals surface area (Å²) in [5.41, 5.74) is 1.18. The molecule has 1 aromatic rings. The van der Waals surface area contributed by atoms with Crippen molar-refractivity contribution in [1.82, 2.24) is 5.32 Å². The summed E-state index contributed by atoms with van der Waals surface area (Å²) in [6.45, 7) is 2.11. The lowest BCUT2D eigenvalue weighted by atomic mass is 10.1. The highest BCUT2D eigenvalue weighted by Crippen LogP contribution is 2.30. The van der Waals surface area contributed by atoms with Crippen molar-refractivity contribution in [3.63, 3.8) is 0 Å². The van der Waals surface area contributed by atoms with Crippen LogP contribution >= 0.6 is 11.6 Å². The van der Waals surface area contributed by atoms with Crippen LogP contribution in [0.5, 0.6) is 5.75 Å². The molecule has 18 heavy (non-hydrogen) atoms. The van der Waals surface area contributed by atoms with Crippen molar-refractivity contribution in [1.29, 1.82) is 0 Å². The molecule has 0 aromatic heterocycles. The zero-order valence-electron chi connectivity index (χ0n) is 10.9. The largest absolute Gasteiger partial charge is 0.485 e. The second-order valence-corrected chi connectivity index (χ2v) is 5.12. The summed E-state index contributed by atoms with van der Waals surface area (Å²) < 4.78 is 5.92. The first kappa shape index (κ1) is 13.4. The van der Waals surface area contributed by atoms with Gasteiger partial charge in [0.25, 0.3) is 0 Å². The van der Waals surface area contributed by atoms with Crippen molar-refractivity contribution in [2.75, 3.05) is 7.05 Å². The molecule has 0 amide bonds. The van der Waals surface area contributed by atoms with Gasteiger partial charge in [0.05, 0.1) is 5.02 Å². The highest BCUT2D eigenvalue weighted by Gasteiger charge is 2.13. The lowest BCUT2D eigenvalue weighted by molar-refractivity contribution is 0.230. The Hall–Kier alpha value is -0.990. The number of hydrogen-bond acceptors (Lipinski definition) is 2. The topological polar surface area (TPSA) is 21.3 Å². The van der Waals surface area contributed by atoms with Gasteiger partial charge in [-0.2, -0.15) is 0 Å². The van der Waals surface area contributed by atoms with Gasteiger partial charge in [0.1, 0.15) is 11.9 Å². The molecule has 0 fully saturated rings. The first-order chi connectivity index (χ1) is 8.70. The average molecular weight is 266 g/mol. The number of benzene rings is 1. The van der Waals surface area contributed by atoms with E-state index in [1.54, 1.807) is 0 Å². The summed E-state index contributed by atoms with van der Waals surface area (Å²) in [6.07, 6.45) is 7.90. The predicted molar refractivity (Wildman–Crippen MR) is 76.3 cm³/mol. The van der Waals surface area contributed by atoms with Crippen molar-refractivity contribution in [2.24, 2.45) is 0 Å². The van der Waals surface area contributed by atoms with Gasteiger partial charge in [-0.25, -0.2) is 0 Å². The molecule has 1 aliphatic carbocycles. The molecule has 0 bridgehead atoms. The molecule has 0 heterocycles. The van der Waals surface area contributed by atoms with Crippen LogP contribution < -0.4 is 10.1 Å². The third kappa shape index (κ3) is 3.27. The number of hydrogen-bond donors (Lipinski definition) is 1. The number of allylic oxidation sites excluding steroid dienone is 1. The van der Waals surface area contributed by atoms with Gasteiger partial charge in [-0.3, -0.25) is 0 Å². The monoisotopic (exact) mass is 265 g/mol. The van der Waals surface area contributed by atoms with Gasteiger partial charge in [-0.05, 0) is 57.0 Å². The van der Waals surface area contributed by atoms with Crippen LogP contribution in [-0.2, 0) is 0 Å². The number of ether oxygens (including phenoxy) is 1. The van der Waals surface area contributed by atoms with Crippen LogP contribution in [0.1, 0.15) is 37.8 Å². The first-order valence-corrected chi connectivity index (χ1v) is 6.88. The van der Waals surface area contributed by atoms with E-state index in [2.05, 4.69) is 30.5 Å². The zero-order valence-corrected chi connectivity index (χ0v) is 11.7. The normalized spacial score (nSPS) is 20.7. The van der Waals surface area contributed by atoms with Crippen LogP contribution in [0.25, 0.3) is 0 Å². The fraction of sp³-hybridized carbons (Fsp3) is 0.467. The lowest BCUT2D eigenvalue weighted by Crippen LogP contribution is -2.16. The molecule has 0 saturated heterocycles. The highest BCUT2D eigenvalue weighted by atomic mass is 35.5. The van der Waals surface area contributed by atoms with E-state index in [1.165, 1.54) is 12.0 Å². The molecule has 1 aromatic carbocycles. The van der Waals surface area contributed by atoms with Crippen molar-refractivity contribution in [3.8, 4) is 5.75 Å². The Morgan fingerprint density at radius 2 is 2.28 bits per heavy atom. The quantitative estimate of drug-likeness (QED) is 0.828. The maximum absolute atomic E-state index is 6.27. The zero-order chi connectivity index (χ0) is 13.0. The summed E-state index contributed by atoms with van der Waals surface area (Å²) in [6, 6.07) is 6.30. The molecule has 2 rings (SSSR count). The smallest absolute Gasteiger partial charge is 0.138 e. The Labute approximate surface area is 114 Å². The molecule has 1 N–H and O–H groups in total. The second-order valence-electron chi connectivity index (χ2n) is 4.72. The Kier molecular flexibility index (Phi) is 4.67. The molecular weight excluding hydrogens is 246 g/mol. The standard InChI is InChI=1S/C15H20ClNO/c1-11(17-2)12-8-9-15(14(16)10-12)18-13-6-4-3-5-7-13/h4,6,8-11,13,17H,3,5,7H2,1-2H3. The van der Waals surface area contributed by atoms with E-state index in [4.69, 9.17) is 16.3 Å². The van der Waals surface area contributed by atoms with Crippen LogP contribution in [0.4, 0.5) is 0 Å². The molecule has 1 aliphatic rings. The molecule has 0 radical (unpaired) electrons. The van der Waals surface area contributed by atoms with E-state index in [9.17, 15) is 0 Å². The minimum Gasteiger partial charge on any atom is -0.485 e. The van der Waals surface area contributed by atoms with E-state index in [0.29, 0.717) is 11.1 Å². The summed E-state index contributed by atoms with van der Waals surface area (Å²) in [7, 11) is 1.94. The maximum Gasteiger partial charge on any atom is 0.138 e. The minimum absolute atomic E-state index is 0.170.